The summed E-state index contributed by atoms with van der Waals surface area (Å²) in [4.78, 5) is 2.18. The molecule has 17 heavy (non-hydrogen) atoms. The van der Waals surface area contributed by atoms with Crippen LogP contribution in [0.5, 0.6) is 0 Å². The van der Waals surface area contributed by atoms with Gasteiger partial charge in [0.1, 0.15) is 6.10 Å². The van der Waals surface area contributed by atoms with E-state index in [0.29, 0.717) is 17.3 Å². The molecule has 2 rings (SSSR count). The number of nitrogens with zero attached hydrogens (tertiary/aromatic N) is 2. The Morgan fingerprint density at radius 1 is 1.47 bits per heavy atom. The first-order valence-corrected chi connectivity index (χ1v) is 6.84. The highest BCUT2D eigenvalue weighted by Gasteiger charge is 2.20. The lowest BCUT2D eigenvalue weighted by molar-refractivity contribution is 0.212. The largest absolute Gasteiger partial charge is 0.381 e. The number of aliphatic hydroxyl groups excluding tert-OH is 1. The van der Waals surface area contributed by atoms with Crippen molar-refractivity contribution in [2.24, 2.45) is 0 Å². The lowest BCUT2D eigenvalue weighted by Crippen LogP contribution is -2.08. The van der Waals surface area contributed by atoms with Crippen LogP contribution in [0.15, 0.2) is 18.3 Å². The molecule has 2 aromatic rings. The molecule has 0 fully saturated rings. The van der Waals surface area contributed by atoms with Crippen LogP contribution in [0.3, 0.4) is 0 Å². The highest BCUT2D eigenvalue weighted by atomic mass is 35.5. The van der Waals surface area contributed by atoms with Gasteiger partial charge in [0.05, 0.1) is 16.9 Å². The van der Waals surface area contributed by atoms with Gasteiger partial charge in [0, 0.05) is 16.3 Å². The molecular weight excluding hydrogens is 256 g/mol. The molecule has 0 bridgehead atoms. The first-order chi connectivity index (χ1) is 8.17. The van der Waals surface area contributed by atoms with E-state index in [9.17, 15) is 5.11 Å². The predicted octanol–water partition coefficient (Wildman–Crippen LogP) is 3.26. The van der Waals surface area contributed by atoms with Gasteiger partial charge in [-0.05, 0) is 25.5 Å². The van der Waals surface area contributed by atoms with E-state index in [-0.39, 0.29) is 0 Å². The summed E-state index contributed by atoms with van der Waals surface area (Å²) in [6.07, 6.45) is 1.88. The normalized spacial score (nSPS) is 12.9. The zero-order chi connectivity index (χ0) is 12.4. The molecule has 1 unspecified atom stereocenters. The number of rotatable bonds is 4. The van der Waals surface area contributed by atoms with E-state index in [1.54, 1.807) is 22.2 Å². The van der Waals surface area contributed by atoms with Gasteiger partial charge in [-0.3, -0.25) is 4.68 Å². The van der Waals surface area contributed by atoms with Crippen LogP contribution < -0.4 is 0 Å². The highest BCUT2D eigenvalue weighted by molar-refractivity contribution is 7.12. The Morgan fingerprint density at radius 2 is 2.24 bits per heavy atom. The van der Waals surface area contributed by atoms with Crippen molar-refractivity contribution < 1.29 is 5.11 Å². The van der Waals surface area contributed by atoms with Crippen molar-refractivity contribution in [1.82, 2.24) is 9.78 Å². The first kappa shape index (κ1) is 12.6. The monoisotopic (exact) mass is 270 g/mol. The minimum absolute atomic E-state index is 0.519. The van der Waals surface area contributed by atoms with Gasteiger partial charge in [-0.2, -0.15) is 5.10 Å². The van der Waals surface area contributed by atoms with E-state index in [0.717, 1.165) is 11.3 Å². The maximum absolute atomic E-state index is 10.3. The second-order valence-electron chi connectivity index (χ2n) is 3.75. The summed E-state index contributed by atoms with van der Waals surface area (Å²) in [7, 11) is 0. The quantitative estimate of drug-likeness (QED) is 0.926. The number of aromatic nitrogens is 2. The molecule has 0 aromatic carbocycles. The number of halogens is 1. The first-order valence-electron chi connectivity index (χ1n) is 5.65. The van der Waals surface area contributed by atoms with Crippen LogP contribution in [-0.4, -0.2) is 14.9 Å². The van der Waals surface area contributed by atoms with Crippen molar-refractivity contribution in [3.05, 3.63) is 38.8 Å². The zero-order valence-corrected chi connectivity index (χ0v) is 11.4. The Labute approximate surface area is 110 Å². The Bertz CT molecular complexity index is 506. The number of aliphatic hydroxyl groups is 1. The van der Waals surface area contributed by atoms with Crippen molar-refractivity contribution in [3.63, 3.8) is 0 Å². The molecule has 1 N–H and O–H groups in total. The topological polar surface area (TPSA) is 38.1 Å². The van der Waals surface area contributed by atoms with Crippen molar-refractivity contribution in [2.45, 2.75) is 32.9 Å². The maximum atomic E-state index is 10.3. The third-order valence-electron chi connectivity index (χ3n) is 2.69. The second kappa shape index (κ2) is 5.21. The van der Waals surface area contributed by atoms with E-state index in [1.165, 1.54) is 4.88 Å². The lowest BCUT2D eigenvalue weighted by Gasteiger charge is -2.11. The molecule has 92 valence electrons. The average molecular weight is 271 g/mol. The van der Waals surface area contributed by atoms with E-state index >= 15 is 0 Å². The van der Waals surface area contributed by atoms with Gasteiger partial charge >= 0.3 is 0 Å². The molecule has 2 aromatic heterocycles. The summed E-state index contributed by atoms with van der Waals surface area (Å²) in [6, 6.07) is 4.00. The second-order valence-corrected chi connectivity index (χ2v) is 5.36. The molecule has 3 nitrogen and oxygen atoms in total. The molecule has 0 saturated carbocycles. The third-order valence-corrected chi connectivity index (χ3v) is 4.27. The summed E-state index contributed by atoms with van der Waals surface area (Å²) < 4.78 is 1.73. The molecule has 2 heterocycles. The van der Waals surface area contributed by atoms with Gasteiger partial charge in [0.25, 0.3) is 0 Å². The fourth-order valence-corrected chi connectivity index (χ4v) is 2.95. The zero-order valence-electron chi connectivity index (χ0n) is 9.85. The smallest absolute Gasteiger partial charge is 0.131 e. The Balaban J connectivity index is 2.35. The standard InChI is InChI=1S/C12H15ClN2OS/c1-3-8-5-6-10(17-8)12(16)11-9(13)7-14-15(11)4-2/h5-7,12,16H,3-4H2,1-2H3. The Morgan fingerprint density at radius 3 is 2.82 bits per heavy atom. The van der Waals surface area contributed by atoms with Gasteiger partial charge in [0.15, 0.2) is 0 Å². The minimum atomic E-state index is -0.685. The lowest BCUT2D eigenvalue weighted by atomic mass is 10.2. The highest BCUT2D eigenvalue weighted by Crippen LogP contribution is 2.32. The molecule has 0 aliphatic carbocycles. The van der Waals surface area contributed by atoms with Crippen LogP contribution in [0, 0.1) is 0 Å². The van der Waals surface area contributed by atoms with E-state index in [2.05, 4.69) is 12.0 Å². The van der Waals surface area contributed by atoms with Gasteiger partial charge in [-0.25, -0.2) is 0 Å². The molecule has 0 aliphatic heterocycles. The summed E-state index contributed by atoms with van der Waals surface area (Å²) in [6.45, 7) is 4.78. The Hall–Kier alpha value is -0.840. The summed E-state index contributed by atoms with van der Waals surface area (Å²) in [5.41, 5.74) is 0.679. The predicted molar refractivity (Wildman–Crippen MR) is 70.7 cm³/mol. The molecule has 0 aliphatic rings. The van der Waals surface area contributed by atoms with Crippen LogP contribution in [0.4, 0.5) is 0 Å². The van der Waals surface area contributed by atoms with Crippen LogP contribution in [-0.2, 0) is 13.0 Å². The molecular formula is C12H15ClN2OS. The summed E-state index contributed by atoms with van der Waals surface area (Å²) >= 11 is 7.69. The number of hydrogen-bond donors (Lipinski definition) is 1. The number of aryl methyl sites for hydroxylation is 2. The Kier molecular flexibility index (Phi) is 3.86. The van der Waals surface area contributed by atoms with Crippen molar-refractivity contribution in [2.75, 3.05) is 0 Å². The maximum Gasteiger partial charge on any atom is 0.131 e. The van der Waals surface area contributed by atoms with Crippen LogP contribution in [0.1, 0.15) is 35.4 Å². The van der Waals surface area contributed by atoms with Gasteiger partial charge in [-0.15, -0.1) is 11.3 Å². The fraction of sp³-hybridized carbons (Fsp3) is 0.417. The molecule has 0 saturated heterocycles. The molecule has 1 atom stereocenters. The molecule has 0 amide bonds. The van der Waals surface area contributed by atoms with E-state index < -0.39 is 6.10 Å². The summed E-state index contributed by atoms with van der Waals surface area (Å²) in [5, 5.41) is 15.0. The fourth-order valence-electron chi connectivity index (χ4n) is 1.76. The van der Waals surface area contributed by atoms with E-state index in [4.69, 9.17) is 11.6 Å². The SMILES string of the molecule is CCc1ccc(C(O)c2c(Cl)cnn2CC)s1. The average Bonchev–Trinajstić information content (AvgIpc) is 2.94. The van der Waals surface area contributed by atoms with E-state index in [1.807, 2.05) is 19.1 Å². The van der Waals surface area contributed by atoms with Gasteiger partial charge < -0.3 is 5.11 Å². The van der Waals surface area contributed by atoms with Gasteiger partial charge in [0.2, 0.25) is 0 Å². The summed E-state index contributed by atoms with van der Waals surface area (Å²) in [5.74, 6) is 0. The number of hydrogen-bond acceptors (Lipinski definition) is 3. The molecule has 5 heteroatoms. The third kappa shape index (κ3) is 2.39. The molecule has 0 radical (unpaired) electrons. The van der Waals surface area contributed by atoms with Crippen molar-refractivity contribution in [3.8, 4) is 0 Å². The van der Waals surface area contributed by atoms with Crippen LogP contribution in [0.2, 0.25) is 5.02 Å². The van der Waals surface area contributed by atoms with Crippen LogP contribution >= 0.6 is 22.9 Å². The van der Waals surface area contributed by atoms with Crippen molar-refractivity contribution in [1.29, 1.82) is 0 Å². The number of thiophene rings is 1. The minimum Gasteiger partial charge on any atom is -0.381 e. The van der Waals surface area contributed by atoms with Crippen molar-refractivity contribution >= 4 is 22.9 Å². The molecule has 0 spiro atoms. The van der Waals surface area contributed by atoms with Gasteiger partial charge in [-0.1, -0.05) is 18.5 Å². The van der Waals surface area contributed by atoms with Crippen LogP contribution in [0.25, 0.3) is 0 Å².